The van der Waals surface area contributed by atoms with Crippen LogP contribution >= 0.6 is 0 Å². The molecule has 0 aliphatic carbocycles. The Labute approximate surface area is 233 Å². The second kappa shape index (κ2) is 12.8. The van der Waals surface area contributed by atoms with E-state index in [9.17, 15) is 27.7 Å². The normalized spacial score (nSPS) is 12.2. The molecule has 214 valence electrons. The number of benzene rings is 2. The number of hydrogen-bond donors (Lipinski definition) is 2. The van der Waals surface area contributed by atoms with Crippen molar-refractivity contribution in [3.8, 4) is 17.6 Å². The van der Waals surface area contributed by atoms with Crippen LogP contribution in [0.25, 0.3) is 10.9 Å². The highest BCUT2D eigenvalue weighted by molar-refractivity contribution is 7.74. The quantitative estimate of drug-likeness (QED) is 0.271. The van der Waals surface area contributed by atoms with Crippen molar-refractivity contribution < 1.29 is 27.1 Å². The van der Waals surface area contributed by atoms with Crippen molar-refractivity contribution >= 4 is 33.6 Å². The van der Waals surface area contributed by atoms with E-state index in [1.807, 2.05) is 6.07 Å². The average Bonchev–Trinajstić information content (AvgIpc) is 2.88. The number of anilines is 1. The first kappa shape index (κ1) is 30.4. The number of carbonyl (C=O) groups is 1. The van der Waals surface area contributed by atoms with Gasteiger partial charge in [-0.3, -0.25) is 13.7 Å². The maximum Gasteiger partial charge on any atom is 0.407 e. The van der Waals surface area contributed by atoms with Gasteiger partial charge in [0.2, 0.25) is 10.9 Å². The van der Waals surface area contributed by atoms with E-state index in [1.165, 1.54) is 35.2 Å². The third-order valence-electron chi connectivity index (χ3n) is 5.89. The molecule has 1 amide bonds. The summed E-state index contributed by atoms with van der Waals surface area (Å²) in [6.45, 7) is 9.27. The van der Waals surface area contributed by atoms with Gasteiger partial charge in [0.1, 0.15) is 23.0 Å². The number of rotatable bonds is 10. The van der Waals surface area contributed by atoms with Crippen molar-refractivity contribution in [3.63, 3.8) is 0 Å². The van der Waals surface area contributed by atoms with Crippen LogP contribution in [0.2, 0.25) is 0 Å². The highest BCUT2D eigenvalue weighted by Crippen LogP contribution is 2.36. The summed E-state index contributed by atoms with van der Waals surface area (Å²) in [5.74, 6) is -1.27. The number of hydrogen-bond acceptors (Lipinski definition) is 8. The summed E-state index contributed by atoms with van der Waals surface area (Å²) in [6, 6.07) is 8.00. The summed E-state index contributed by atoms with van der Waals surface area (Å²) >= 11 is 0. The van der Waals surface area contributed by atoms with Crippen molar-refractivity contribution in [2.24, 2.45) is 0 Å². The highest BCUT2D eigenvalue weighted by atomic mass is 32.2. The molecule has 0 aliphatic rings. The van der Waals surface area contributed by atoms with Gasteiger partial charge in [-0.15, -0.1) is 0 Å². The number of fused-ring (bicyclic) bond motifs is 1. The topological polar surface area (TPSA) is 144 Å². The van der Waals surface area contributed by atoms with Crippen molar-refractivity contribution in [3.05, 3.63) is 58.4 Å². The third-order valence-corrected chi connectivity index (χ3v) is 6.85. The fourth-order valence-electron chi connectivity index (χ4n) is 3.84. The van der Waals surface area contributed by atoms with Gasteiger partial charge in [0, 0.05) is 19.1 Å². The molecule has 40 heavy (non-hydrogen) atoms. The number of carbonyl (C=O) groups excluding carboxylic acids is 1. The predicted molar refractivity (Wildman–Crippen MR) is 149 cm³/mol. The number of ether oxygens (including phenoxy) is 2. The smallest absolute Gasteiger partial charge is 0.407 e. The minimum absolute atomic E-state index is 0.00540. The predicted octanol–water partition coefficient (Wildman–Crippen LogP) is 4.25. The molecule has 1 N–H and O–H groups in total. The van der Waals surface area contributed by atoms with Crippen LogP contribution in [0.3, 0.4) is 0 Å². The van der Waals surface area contributed by atoms with Crippen LogP contribution in [-0.4, -0.2) is 42.2 Å². The number of amides is 1. The molecule has 0 saturated carbocycles. The van der Waals surface area contributed by atoms with Crippen molar-refractivity contribution in [2.75, 3.05) is 10.8 Å². The van der Waals surface area contributed by atoms with Gasteiger partial charge < -0.3 is 14.8 Å². The lowest BCUT2D eigenvalue weighted by atomic mass is 10.1. The summed E-state index contributed by atoms with van der Waals surface area (Å²) in [5, 5.41) is 12.6. The molecule has 2 aromatic carbocycles. The zero-order valence-corrected chi connectivity index (χ0v) is 23.8. The summed E-state index contributed by atoms with van der Waals surface area (Å²) in [5.41, 5.74) is -0.922. The van der Waals surface area contributed by atoms with Gasteiger partial charge in [0.05, 0.1) is 22.9 Å². The number of aromatic nitrogens is 2. The second-order valence-corrected chi connectivity index (χ2v) is 10.9. The first-order valence-corrected chi connectivity index (χ1v) is 13.8. The molecule has 11 nitrogen and oxygen atoms in total. The lowest BCUT2D eigenvalue weighted by Gasteiger charge is -2.25. The van der Waals surface area contributed by atoms with Crippen LogP contribution in [0.15, 0.2) is 41.5 Å². The van der Waals surface area contributed by atoms with Gasteiger partial charge >= 0.3 is 6.09 Å². The number of nitriles is 1. The van der Waals surface area contributed by atoms with Crippen LogP contribution in [-0.2, 0) is 22.2 Å². The molecule has 0 saturated heterocycles. The Kier molecular flexibility index (Phi) is 9.70. The summed E-state index contributed by atoms with van der Waals surface area (Å²) in [6.07, 6.45) is 1.73. The molecular formula is C27H32FN5O6S. The number of nitrogens with one attached hydrogen (secondary N) is 1. The Hall–Kier alpha value is -4.18. The lowest BCUT2D eigenvalue weighted by molar-refractivity contribution is 0.0526. The Morgan fingerprint density at radius 3 is 2.62 bits per heavy atom. The summed E-state index contributed by atoms with van der Waals surface area (Å²) < 4.78 is 52.1. The van der Waals surface area contributed by atoms with Gasteiger partial charge in [0.25, 0.3) is 5.56 Å². The van der Waals surface area contributed by atoms with Crippen LogP contribution in [0.1, 0.15) is 53.0 Å². The molecule has 0 spiro atoms. The Balaban J connectivity index is 1.87. The van der Waals surface area contributed by atoms with E-state index in [0.717, 1.165) is 10.4 Å². The monoisotopic (exact) mass is 573 g/mol. The first-order chi connectivity index (χ1) is 18.9. The second-order valence-electron chi connectivity index (χ2n) is 10.0. The number of nitrogens with zero attached hydrogens (tertiary/aromatic N) is 4. The van der Waals surface area contributed by atoms with Crippen LogP contribution < -0.4 is 19.9 Å². The van der Waals surface area contributed by atoms with Crippen LogP contribution in [0, 0.1) is 17.1 Å². The van der Waals surface area contributed by atoms with E-state index in [4.69, 9.17) is 9.47 Å². The van der Waals surface area contributed by atoms with Crippen molar-refractivity contribution in [1.29, 1.82) is 5.26 Å². The molecule has 1 atom stereocenters. The van der Waals surface area contributed by atoms with Crippen molar-refractivity contribution in [1.82, 2.24) is 14.9 Å². The van der Waals surface area contributed by atoms with Gasteiger partial charge in [-0.1, -0.05) is 6.92 Å². The standard InChI is InChI=1S/C27H32FN5O6S/c1-6-17(2)33(40(36)37)23-11-9-21(28)24(20(23)15-29)38-18-8-10-22-19(14-18)25(34)32(16-31-22)13-7-12-30-26(35)39-27(3,4)5/h8-11,14,16-17,40H,6-7,12-13H2,1-5H3,(H,30,35). The molecule has 3 aromatic rings. The first-order valence-electron chi connectivity index (χ1n) is 12.7. The highest BCUT2D eigenvalue weighted by Gasteiger charge is 2.24. The van der Waals surface area contributed by atoms with E-state index in [-0.39, 0.29) is 41.0 Å². The molecule has 0 bridgehead atoms. The number of thiol groups is 1. The molecule has 13 heteroatoms. The van der Waals surface area contributed by atoms with E-state index in [2.05, 4.69) is 10.3 Å². The maximum atomic E-state index is 14.9. The maximum absolute atomic E-state index is 14.9. The van der Waals surface area contributed by atoms with Crippen molar-refractivity contribution in [2.45, 2.75) is 65.6 Å². The van der Waals surface area contributed by atoms with E-state index in [0.29, 0.717) is 18.4 Å². The van der Waals surface area contributed by atoms with Gasteiger partial charge in [-0.25, -0.2) is 22.6 Å². The largest absolute Gasteiger partial charge is 0.453 e. The number of halogens is 1. The van der Waals surface area contributed by atoms with Crippen LogP contribution in [0.4, 0.5) is 14.9 Å². The van der Waals surface area contributed by atoms with E-state index >= 15 is 0 Å². The van der Waals surface area contributed by atoms with Gasteiger partial charge in [0.15, 0.2) is 11.6 Å². The Bertz CT molecular complexity index is 1570. The fraction of sp³-hybridized carbons (Fsp3) is 0.407. The average molecular weight is 574 g/mol. The molecule has 0 radical (unpaired) electrons. The molecular weight excluding hydrogens is 541 g/mol. The Morgan fingerprint density at radius 2 is 2.00 bits per heavy atom. The molecule has 1 aromatic heterocycles. The third kappa shape index (κ3) is 7.26. The minimum Gasteiger partial charge on any atom is -0.453 e. The minimum atomic E-state index is -3.12. The molecule has 3 rings (SSSR count). The van der Waals surface area contributed by atoms with Gasteiger partial charge in [-0.2, -0.15) is 5.26 Å². The SMILES string of the molecule is CCC(C)N(c1ccc(F)c(Oc2ccc3ncn(CCCNC(=O)OC(C)(C)C)c(=O)c3c2)c1C#N)[SH](=O)=O. The zero-order valence-electron chi connectivity index (χ0n) is 22.9. The Morgan fingerprint density at radius 1 is 1.27 bits per heavy atom. The van der Waals surface area contributed by atoms with E-state index < -0.39 is 40.2 Å². The molecule has 0 fully saturated rings. The lowest BCUT2D eigenvalue weighted by Crippen LogP contribution is -2.33. The zero-order chi connectivity index (χ0) is 29.6. The number of alkyl carbamates (subject to hydrolysis) is 1. The van der Waals surface area contributed by atoms with Crippen LogP contribution in [0.5, 0.6) is 11.5 Å². The molecule has 0 aliphatic heterocycles. The number of aryl methyl sites for hydroxylation is 1. The molecule has 1 unspecified atom stereocenters. The summed E-state index contributed by atoms with van der Waals surface area (Å²) in [7, 11) is -3.12. The fourth-order valence-corrected chi connectivity index (χ4v) is 4.67. The van der Waals surface area contributed by atoms with E-state index in [1.54, 1.807) is 34.6 Å². The van der Waals surface area contributed by atoms with Gasteiger partial charge in [-0.05, 0) is 70.9 Å². The summed E-state index contributed by atoms with van der Waals surface area (Å²) in [4.78, 5) is 29.2. The molecule has 1 heterocycles.